The van der Waals surface area contributed by atoms with Gasteiger partial charge in [-0.05, 0) is 55.3 Å². The maximum absolute atomic E-state index is 13.0. The first-order valence-corrected chi connectivity index (χ1v) is 9.90. The fraction of sp³-hybridized carbons (Fsp3) is 0.136. The number of nitrogens with zero attached hydrogens (tertiary/aromatic N) is 3. The first-order valence-electron chi connectivity index (χ1n) is 9.02. The van der Waals surface area contributed by atoms with Crippen molar-refractivity contribution in [1.82, 2.24) is 15.2 Å². The van der Waals surface area contributed by atoms with Gasteiger partial charge >= 0.3 is 0 Å². The molecule has 0 saturated carbocycles. The van der Waals surface area contributed by atoms with E-state index in [-0.39, 0.29) is 5.82 Å². The number of halogens is 1. The third kappa shape index (κ3) is 4.40. The highest BCUT2D eigenvalue weighted by Gasteiger charge is 2.04. The molecular weight excluding hydrogens is 371 g/mol. The van der Waals surface area contributed by atoms with E-state index in [0.29, 0.717) is 0 Å². The summed E-state index contributed by atoms with van der Waals surface area (Å²) in [6.45, 7) is 2.78. The molecule has 28 heavy (non-hydrogen) atoms. The summed E-state index contributed by atoms with van der Waals surface area (Å²) in [5, 5.41) is 14.9. The Labute approximate surface area is 167 Å². The van der Waals surface area contributed by atoms with Gasteiger partial charge < -0.3 is 5.32 Å². The van der Waals surface area contributed by atoms with Crippen molar-refractivity contribution in [2.75, 3.05) is 11.9 Å². The van der Waals surface area contributed by atoms with Crippen LogP contribution in [0.2, 0.25) is 0 Å². The van der Waals surface area contributed by atoms with Gasteiger partial charge in [-0.1, -0.05) is 24.3 Å². The molecule has 2 aromatic carbocycles. The number of anilines is 1. The van der Waals surface area contributed by atoms with E-state index in [2.05, 4.69) is 50.1 Å². The van der Waals surface area contributed by atoms with E-state index in [1.54, 1.807) is 23.5 Å². The summed E-state index contributed by atoms with van der Waals surface area (Å²) in [5.74, 6) is 0.463. The summed E-state index contributed by atoms with van der Waals surface area (Å²) in [6, 6.07) is 18.5. The number of thiazole rings is 1. The minimum absolute atomic E-state index is 0.260. The van der Waals surface area contributed by atoms with Crippen LogP contribution in [0.15, 0.2) is 66.0 Å². The van der Waals surface area contributed by atoms with Crippen LogP contribution in [0, 0.1) is 12.7 Å². The summed E-state index contributed by atoms with van der Waals surface area (Å²) in [6.07, 6.45) is 0.887. The molecule has 0 spiro atoms. The Kier molecular flexibility index (Phi) is 5.39. The molecule has 0 aliphatic rings. The number of aromatic nitrogens is 3. The van der Waals surface area contributed by atoms with Gasteiger partial charge in [-0.3, -0.25) is 0 Å². The minimum atomic E-state index is -0.260. The van der Waals surface area contributed by atoms with E-state index in [4.69, 9.17) is 0 Å². The lowest BCUT2D eigenvalue weighted by Gasteiger charge is -2.07. The average molecular weight is 390 g/mol. The maximum atomic E-state index is 13.0. The molecule has 140 valence electrons. The standard InChI is InChI=1S/C22H19FN4S/c1-15-25-21(14-28-15)18-4-2-16(3-5-18)12-13-24-22-11-10-20(26-27-22)17-6-8-19(23)9-7-17/h2-11,14H,12-13H2,1H3,(H,24,27). The topological polar surface area (TPSA) is 50.7 Å². The van der Waals surface area contributed by atoms with Crippen LogP contribution < -0.4 is 5.32 Å². The van der Waals surface area contributed by atoms with E-state index in [1.165, 1.54) is 17.7 Å². The zero-order valence-electron chi connectivity index (χ0n) is 15.4. The van der Waals surface area contributed by atoms with Gasteiger partial charge in [0.15, 0.2) is 0 Å². The number of aryl methyl sites for hydroxylation is 1. The third-order valence-electron chi connectivity index (χ3n) is 4.39. The molecule has 4 aromatic rings. The van der Waals surface area contributed by atoms with Crippen LogP contribution in [0.3, 0.4) is 0 Å². The predicted molar refractivity (Wildman–Crippen MR) is 112 cm³/mol. The molecular formula is C22H19FN4S. The van der Waals surface area contributed by atoms with E-state index >= 15 is 0 Å². The Balaban J connectivity index is 1.31. The van der Waals surface area contributed by atoms with Crippen molar-refractivity contribution in [1.29, 1.82) is 0 Å². The molecule has 0 atom stereocenters. The van der Waals surface area contributed by atoms with E-state index in [1.807, 2.05) is 19.1 Å². The van der Waals surface area contributed by atoms with E-state index < -0.39 is 0 Å². The zero-order valence-corrected chi connectivity index (χ0v) is 16.2. The van der Waals surface area contributed by atoms with E-state index in [0.717, 1.165) is 46.3 Å². The van der Waals surface area contributed by atoms with Crippen LogP contribution >= 0.6 is 11.3 Å². The van der Waals surface area contributed by atoms with Crippen molar-refractivity contribution in [3.05, 3.63) is 82.4 Å². The van der Waals surface area contributed by atoms with Gasteiger partial charge in [-0.25, -0.2) is 9.37 Å². The molecule has 2 aromatic heterocycles. The second-order valence-electron chi connectivity index (χ2n) is 6.44. The molecule has 6 heteroatoms. The van der Waals surface area contributed by atoms with Crippen molar-refractivity contribution in [2.45, 2.75) is 13.3 Å². The molecule has 0 saturated heterocycles. The van der Waals surface area contributed by atoms with Crippen LogP contribution in [0.5, 0.6) is 0 Å². The van der Waals surface area contributed by atoms with Crippen molar-refractivity contribution in [2.24, 2.45) is 0 Å². The van der Waals surface area contributed by atoms with Crippen LogP contribution in [0.4, 0.5) is 10.2 Å². The van der Waals surface area contributed by atoms with Crippen LogP contribution in [0.25, 0.3) is 22.5 Å². The number of rotatable bonds is 6. The van der Waals surface area contributed by atoms with Gasteiger partial charge in [0, 0.05) is 23.1 Å². The van der Waals surface area contributed by atoms with Gasteiger partial charge in [0.1, 0.15) is 11.6 Å². The molecule has 1 N–H and O–H groups in total. The van der Waals surface area contributed by atoms with Crippen LogP contribution in [-0.4, -0.2) is 21.7 Å². The highest BCUT2D eigenvalue weighted by molar-refractivity contribution is 7.09. The first-order chi connectivity index (χ1) is 13.7. The second kappa shape index (κ2) is 8.27. The molecule has 0 aliphatic carbocycles. The molecule has 0 unspecified atom stereocenters. The Hall–Kier alpha value is -3.12. The number of hydrogen-bond acceptors (Lipinski definition) is 5. The second-order valence-corrected chi connectivity index (χ2v) is 7.50. The summed E-state index contributed by atoms with van der Waals surface area (Å²) >= 11 is 1.66. The SMILES string of the molecule is Cc1nc(-c2ccc(CCNc3ccc(-c4ccc(F)cc4)nn3)cc2)cs1. The zero-order chi connectivity index (χ0) is 19.3. The van der Waals surface area contributed by atoms with Gasteiger partial charge in [0.25, 0.3) is 0 Å². The number of nitrogens with one attached hydrogen (secondary N) is 1. The normalized spacial score (nSPS) is 10.8. The first kappa shape index (κ1) is 18.3. The van der Waals surface area contributed by atoms with Crippen LogP contribution in [-0.2, 0) is 6.42 Å². The van der Waals surface area contributed by atoms with Gasteiger partial charge in [0.05, 0.1) is 16.4 Å². The Morgan fingerprint density at radius 2 is 1.57 bits per heavy atom. The fourth-order valence-electron chi connectivity index (χ4n) is 2.87. The van der Waals surface area contributed by atoms with E-state index in [9.17, 15) is 4.39 Å². The lowest BCUT2D eigenvalue weighted by Crippen LogP contribution is -2.07. The van der Waals surface area contributed by atoms with Crippen molar-refractivity contribution < 1.29 is 4.39 Å². The fourth-order valence-corrected chi connectivity index (χ4v) is 3.50. The van der Waals surface area contributed by atoms with Gasteiger partial charge in [-0.15, -0.1) is 21.5 Å². The highest BCUT2D eigenvalue weighted by Crippen LogP contribution is 2.22. The largest absolute Gasteiger partial charge is 0.368 e. The van der Waals surface area contributed by atoms with Crippen LogP contribution in [0.1, 0.15) is 10.6 Å². The lowest BCUT2D eigenvalue weighted by atomic mass is 10.1. The smallest absolute Gasteiger partial charge is 0.148 e. The van der Waals surface area contributed by atoms with Crippen molar-refractivity contribution in [3.8, 4) is 22.5 Å². The minimum Gasteiger partial charge on any atom is -0.368 e. The Morgan fingerprint density at radius 1 is 0.857 bits per heavy atom. The molecule has 0 aliphatic heterocycles. The summed E-state index contributed by atoms with van der Waals surface area (Å²) in [4.78, 5) is 4.52. The maximum Gasteiger partial charge on any atom is 0.148 e. The molecule has 0 radical (unpaired) electrons. The third-order valence-corrected chi connectivity index (χ3v) is 5.17. The van der Waals surface area contributed by atoms with Gasteiger partial charge in [-0.2, -0.15) is 0 Å². The average Bonchev–Trinajstić information content (AvgIpc) is 3.16. The quantitative estimate of drug-likeness (QED) is 0.481. The summed E-state index contributed by atoms with van der Waals surface area (Å²) in [5.41, 5.74) is 4.99. The van der Waals surface area contributed by atoms with Gasteiger partial charge in [0.2, 0.25) is 0 Å². The highest BCUT2D eigenvalue weighted by atomic mass is 32.1. The Bertz CT molecular complexity index is 1040. The monoisotopic (exact) mass is 390 g/mol. The molecule has 0 fully saturated rings. The summed E-state index contributed by atoms with van der Waals surface area (Å²) < 4.78 is 13.0. The molecule has 0 bridgehead atoms. The predicted octanol–water partition coefficient (Wildman–Crippen LogP) is 5.37. The molecule has 4 nitrogen and oxygen atoms in total. The molecule has 4 rings (SSSR count). The molecule has 2 heterocycles. The van der Waals surface area contributed by atoms with Crippen molar-refractivity contribution >= 4 is 17.2 Å². The molecule has 0 amide bonds. The summed E-state index contributed by atoms with van der Waals surface area (Å²) in [7, 11) is 0. The number of benzene rings is 2. The lowest BCUT2D eigenvalue weighted by molar-refractivity contribution is 0.628. The van der Waals surface area contributed by atoms with Crippen molar-refractivity contribution in [3.63, 3.8) is 0 Å². The Morgan fingerprint density at radius 3 is 2.21 bits per heavy atom. The number of hydrogen-bond donors (Lipinski definition) is 1.